The SMILES string of the molecule is CCOC(=O)CCNC(=O)C1CNc2ccccc2C1. The van der Waals surface area contributed by atoms with Gasteiger partial charge in [0.1, 0.15) is 0 Å². The van der Waals surface area contributed by atoms with Crippen molar-refractivity contribution in [3.63, 3.8) is 0 Å². The first-order valence-electron chi connectivity index (χ1n) is 6.95. The summed E-state index contributed by atoms with van der Waals surface area (Å²) in [4.78, 5) is 23.2. The van der Waals surface area contributed by atoms with Gasteiger partial charge in [-0.2, -0.15) is 0 Å². The highest BCUT2D eigenvalue weighted by Gasteiger charge is 2.23. The average Bonchev–Trinajstić information content (AvgIpc) is 2.47. The minimum absolute atomic E-state index is 0.0173. The van der Waals surface area contributed by atoms with Crippen LogP contribution in [0.1, 0.15) is 18.9 Å². The van der Waals surface area contributed by atoms with Gasteiger partial charge < -0.3 is 15.4 Å². The number of hydrogen-bond donors (Lipinski definition) is 2. The Morgan fingerprint density at radius 2 is 2.20 bits per heavy atom. The van der Waals surface area contributed by atoms with Crippen molar-refractivity contribution < 1.29 is 14.3 Å². The Morgan fingerprint density at radius 1 is 1.40 bits per heavy atom. The fourth-order valence-electron chi connectivity index (χ4n) is 2.29. The zero-order valence-electron chi connectivity index (χ0n) is 11.6. The lowest BCUT2D eigenvalue weighted by Gasteiger charge is -2.25. The summed E-state index contributed by atoms with van der Waals surface area (Å²) < 4.78 is 4.81. The van der Waals surface area contributed by atoms with Crippen LogP contribution in [0, 0.1) is 5.92 Å². The smallest absolute Gasteiger partial charge is 0.307 e. The molecule has 0 radical (unpaired) electrons. The molecule has 5 nitrogen and oxygen atoms in total. The van der Waals surface area contributed by atoms with Gasteiger partial charge in [0.2, 0.25) is 5.91 Å². The van der Waals surface area contributed by atoms with Gasteiger partial charge in [-0.1, -0.05) is 18.2 Å². The molecule has 1 unspecified atom stereocenters. The normalized spacial score (nSPS) is 16.8. The van der Waals surface area contributed by atoms with Gasteiger partial charge in [-0.05, 0) is 25.0 Å². The maximum absolute atomic E-state index is 12.0. The molecule has 1 aromatic carbocycles. The van der Waals surface area contributed by atoms with Gasteiger partial charge in [0.15, 0.2) is 0 Å². The molecular formula is C15H20N2O3. The summed E-state index contributed by atoms with van der Waals surface area (Å²) in [5.74, 6) is -0.386. The van der Waals surface area contributed by atoms with E-state index in [2.05, 4.69) is 10.6 Å². The second-order valence-electron chi connectivity index (χ2n) is 4.79. The van der Waals surface area contributed by atoms with Crippen molar-refractivity contribution >= 4 is 17.6 Å². The summed E-state index contributed by atoms with van der Waals surface area (Å²) in [5.41, 5.74) is 2.26. The van der Waals surface area contributed by atoms with Crippen LogP contribution in [0.5, 0.6) is 0 Å². The Kier molecular flexibility index (Phi) is 4.98. The van der Waals surface area contributed by atoms with E-state index < -0.39 is 0 Å². The minimum atomic E-state index is -0.278. The Hall–Kier alpha value is -2.04. The number of benzene rings is 1. The molecule has 0 saturated carbocycles. The van der Waals surface area contributed by atoms with Crippen molar-refractivity contribution in [2.24, 2.45) is 5.92 Å². The number of anilines is 1. The highest BCUT2D eigenvalue weighted by atomic mass is 16.5. The van der Waals surface area contributed by atoms with Crippen molar-refractivity contribution in [2.45, 2.75) is 19.8 Å². The average molecular weight is 276 g/mol. The lowest BCUT2D eigenvalue weighted by molar-refractivity contribution is -0.143. The van der Waals surface area contributed by atoms with Crippen molar-refractivity contribution in [1.29, 1.82) is 0 Å². The number of esters is 1. The van der Waals surface area contributed by atoms with Crippen LogP contribution in [0.25, 0.3) is 0 Å². The number of ether oxygens (including phenoxy) is 1. The second-order valence-corrected chi connectivity index (χ2v) is 4.79. The van der Waals surface area contributed by atoms with Gasteiger partial charge in [-0.15, -0.1) is 0 Å². The molecule has 0 aromatic heterocycles. The molecule has 108 valence electrons. The molecule has 5 heteroatoms. The second kappa shape index (κ2) is 6.93. The molecule has 0 bridgehead atoms. The third-order valence-corrected chi connectivity index (χ3v) is 3.33. The van der Waals surface area contributed by atoms with Gasteiger partial charge in [0.05, 0.1) is 18.9 Å². The first-order valence-corrected chi connectivity index (χ1v) is 6.95. The van der Waals surface area contributed by atoms with Crippen LogP contribution in [0.4, 0.5) is 5.69 Å². The van der Waals surface area contributed by atoms with E-state index in [-0.39, 0.29) is 24.2 Å². The van der Waals surface area contributed by atoms with Gasteiger partial charge in [0, 0.05) is 18.8 Å². The fourth-order valence-corrected chi connectivity index (χ4v) is 2.29. The Morgan fingerprint density at radius 3 is 3.00 bits per heavy atom. The van der Waals surface area contributed by atoms with E-state index in [1.165, 1.54) is 0 Å². The molecule has 0 aliphatic carbocycles. The zero-order valence-corrected chi connectivity index (χ0v) is 11.6. The predicted molar refractivity (Wildman–Crippen MR) is 76.4 cm³/mol. The van der Waals surface area contributed by atoms with Crippen molar-refractivity contribution in [3.8, 4) is 0 Å². The topological polar surface area (TPSA) is 67.4 Å². The van der Waals surface area contributed by atoms with Crippen LogP contribution in [0.3, 0.4) is 0 Å². The number of hydrogen-bond acceptors (Lipinski definition) is 4. The molecule has 0 spiro atoms. The monoisotopic (exact) mass is 276 g/mol. The maximum Gasteiger partial charge on any atom is 0.307 e. The standard InChI is InChI=1S/C15H20N2O3/c1-2-20-14(18)7-8-16-15(19)12-9-11-5-3-4-6-13(11)17-10-12/h3-6,12,17H,2,7-10H2,1H3,(H,16,19). The fraction of sp³-hybridized carbons (Fsp3) is 0.467. The third kappa shape index (κ3) is 3.73. The largest absolute Gasteiger partial charge is 0.466 e. The summed E-state index contributed by atoms with van der Waals surface area (Å²) in [6.07, 6.45) is 0.949. The molecule has 20 heavy (non-hydrogen) atoms. The summed E-state index contributed by atoms with van der Waals surface area (Å²) >= 11 is 0. The highest BCUT2D eigenvalue weighted by Crippen LogP contribution is 2.24. The van der Waals surface area contributed by atoms with Gasteiger partial charge in [-0.25, -0.2) is 0 Å². The summed E-state index contributed by atoms with van der Waals surface area (Å²) in [6, 6.07) is 8.00. The highest BCUT2D eigenvalue weighted by molar-refractivity contribution is 5.81. The van der Waals surface area contributed by atoms with E-state index in [0.29, 0.717) is 19.7 Å². The molecule has 1 heterocycles. The number of carbonyl (C=O) groups excluding carboxylic acids is 2. The quantitative estimate of drug-likeness (QED) is 0.796. The zero-order chi connectivity index (χ0) is 14.4. The van der Waals surface area contributed by atoms with E-state index in [1.807, 2.05) is 24.3 Å². The lowest BCUT2D eigenvalue weighted by Crippen LogP contribution is -2.39. The van der Waals surface area contributed by atoms with Crippen LogP contribution in [-0.2, 0) is 20.7 Å². The summed E-state index contributed by atoms with van der Waals surface area (Å²) in [6.45, 7) is 3.09. The van der Waals surface area contributed by atoms with E-state index in [0.717, 1.165) is 17.7 Å². The van der Waals surface area contributed by atoms with Gasteiger partial charge >= 0.3 is 5.97 Å². The first kappa shape index (κ1) is 14.4. The molecule has 1 aromatic rings. The van der Waals surface area contributed by atoms with Gasteiger partial charge in [-0.3, -0.25) is 9.59 Å². The number of fused-ring (bicyclic) bond motifs is 1. The van der Waals surface area contributed by atoms with Crippen LogP contribution in [0.2, 0.25) is 0 Å². The molecule has 0 saturated heterocycles. The summed E-state index contributed by atoms with van der Waals surface area (Å²) in [7, 11) is 0. The molecule has 2 rings (SSSR count). The molecular weight excluding hydrogens is 256 g/mol. The van der Waals surface area contributed by atoms with Gasteiger partial charge in [0.25, 0.3) is 0 Å². The first-order chi connectivity index (χ1) is 9.70. The molecule has 0 fully saturated rings. The molecule has 1 amide bonds. The number of para-hydroxylation sites is 1. The van der Waals surface area contributed by atoms with Crippen molar-refractivity contribution in [1.82, 2.24) is 5.32 Å². The molecule has 1 atom stereocenters. The van der Waals surface area contributed by atoms with Crippen molar-refractivity contribution in [2.75, 3.05) is 25.0 Å². The van der Waals surface area contributed by atoms with E-state index in [4.69, 9.17) is 4.74 Å². The minimum Gasteiger partial charge on any atom is -0.466 e. The predicted octanol–water partition coefficient (Wildman–Crippen LogP) is 1.34. The van der Waals surface area contributed by atoms with Crippen LogP contribution in [-0.4, -0.2) is 31.6 Å². The third-order valence-electron chi connectivity index (χ3n) is 3.33. The van der Waals surface area contributed by atoms with E-state index in [9.17, 15) is 9.59 Å². The Labute approximate surface area is 118 Å². The van der Waals surface area contributed by atoms with Crippen molar-refractivity contribution in [3.05, 3.63) is 29.8 Å². The molecule has 1 aliphatic rings. The number of carbonyl (C=O) groups is 2. The molecule has 2 N–H and O–H groups in total. The Bertz CT molecular complexity index is 488. The van der Waals surface area contributed by atoms with Crippen LogP contribution >= 0.6 is 0 Å². The molecule has 1 aliphatic heterocycles. The van der Waals surface area contributed by atoms with Crippen LogP contribution < -0.4 is 10.6 Å². The number of nitrogens with one attached hydrogen (secondary N) is 2. The maximum atomic E-state index is 12.0. The lowest BCUT2D eigenvalue weighted by atomic mass is 9.93. The van der Waals surface area contributed by atoms with E-state index in [1.54, 1.807) is 6.92 Å². The Balaban J connectivity index is 1.78. The summed E-state index contributed by atoms with van der Waals surface area (Å²) in [5, 5.41) is 6.05. The number of amides is 1. The number of rotatable bonds is 5. The van der Waals surface area contributed by atoms with Crippen LogP contribution in [0.15, 0.2) is 24.3 Å². The van der Waals surface area contributed by atoms with E-state index >= 15 is 0 Å².